The average Bonchev–Trinajstić information content (AvgIpc) is 2.65. The molecule has 2 aromatic rings. The number of hydrogen-bond donors (Lipinski definition) is 1. The van der Waals surface area contributed by atoms with E-state index in [-0.39, 0.29) is 11.4 Å². The highest BCUT2D eigenvalue weighted by Crippen LogP contribution is 2.35. The van der Waals surface area contributed by atoms with Gasteiger partial charge in [-0.3, -0.25) is 4.79 Å². The van der Waals surface area contributed by atoms with Gasteiger partial charge in [0.2, 0.25) is 5.91 Å². The molecule has 1 unspecified atom stereocenters. The number of amides is 1. The molecule has 0 saturated carbocycles. The quantitative estimate of drug-likeness (QED) is 0.722. The summed E-state index contributed by atoms with van der Waals surface area (Å²) in [6.07, 6.45) is 1.21. The normalized spacial score (nSPS) is 13.0. The molecule has 0 aliphatic heterocycles. The number of nitrogens with one attached hydrogen (secondary N) is 1. The van der Waals surface area contributed by atoms with Gasteiger partial charge in [-0.25, -0.2) is 8.42 Å². The standard InChI is InChI=1S/C19H20F3NO4S/c1-3-7-15(13-8-5-4-6-9-13)18(24)23-16-12-14(10-11-17(16)27-2)28(25,26)19(20,21)22/h4-6,8-12,15H,3,7H2,1-2H3,(H,23,24). The summed E-state index contributed by atoms with van der Waals surface area (Å²) in [7, 11) is -4.28. The Morgan fingerprint density at radius 2 is 1.79 bits per heavy atom. The van der Waals surface area contributed by atoms with Gasteiger partial charge in [-0.1, -0.05) is 43.7 Å². The summed E-state index contributed by atoms with van der Waals surface area (Å²) >= 11 is 0. The molecule has 28 heavy (non-hydrogen) atoms. The third-order valence-corrected chi connectivity index (χ3v) is 5.62. The molecule has 0 saturated heterocycles. The van der Waals surface area contributed by atoms with Crippen LogP contribution in [0.25, 0.3) is 0 Å². The third kappa shape index (κ3) is 4.64. The number of carbonyl (C=O) groups excluding carboxylic acids is 1. The Labute approximate surface area is 161 Å². The number of sulfone groups is 1. The van der Waals surface area contributed by atoms with Crippen molar-refractivity contribution in [1.29, 1.82) is 0 Å². The van der Waals surface area contributed by atoms with Crippen LogP contribution in [0.4, 0.5) is 18.9 Å². The number of hydrogen-bond acceptors (Lipinski definition) is 4. The molecule has 2 rings (SSSR count). The van der Waals surface area contributed by atoms with Gasteiger partial charge in [-0.05, 0) is 30.2 Å². The highest BCUT2D eigenvalue weighted by Gasteiger charge is 2.47. The Kier molecular flexibility index (Phi) is 6.71. The summed E-state index contributed by atoms with van der Waals surface area (Å²) < 4.78 is 66.9. The zero-order valence-corrected chi connectivity index (χ0v) is 16.1. The van der Waals surface area contributed by atoms with E-state index in [1.54, 1.807) is 30.3 Å². The second kappa shape index (κ2) is 8.64. The molecule has 0 aliphatic rings. The van der Waals surface area contributed by atoms with Crippen molar-refractivity contribution in [1.82, 2.24) is 0 Å². The maximum Gasteiger partial charge on any atom is 0.501 e. The van der Waals surface area contributed by atoms with Crippen LogP contribution in [0.5, 0.6) is 5.75 Å². The molecule has 0 spiro atoms. The summed E-state index contributed by atoms with van der Waals surface area (Å²) in [5.41, 5.74) is -4.84. The monoisotopic (exact) mass is 415 g/mol. The van der Waals surface area contributed by atoms with Crippen molar-refractivity contribution in [2.75, 3.05) is 12.4 Å². The molecule has 1 N–H and O–H groups in total. The van der Waals surface area contributed by atoms with Gasteiger partial charge < -0.3 is 10.1 Å². The Hall–Kier alpha value is -2.55. The maximum absolute atomic E-state index is 12.8. The van der Waals surface area contributed by atoms with Gasteiger partial charge in [0.05, 0.1) is 23.6 Å². The van der Waals surface area contributed by atoms with E-state index in [0.717, 1.165) is 23.8 Å². The second-order valence-electron chi connectivity index (χ2n) is 6.05. The fraction of sp³-hybridized carbons (Fsp3) is 0.316. The first-order valence-electron chi connectivity index (χ1n) is 8.47. The highest BCUT2D eigenvalue weighted by molar-refractivity contribution is 7.92. The minimum Gasteiger partial charge on any atom is -0.495 e. The lowest BCUT2D eigenvalue weighted by atomic mass is 9.93. The number of carbonyl (C=O) groups is 1. The number of ether oxygens (including phenoxy) is 1. The van der Waals surface area contributed by atoms with Crippen LogP contribution in [-0.2, 0) is 14.6 Å². The first-order chi connectivity index (χ1) is 13.1. The van der Waals surface area contributed by atoms with E-state index in [0.29, 0.717) is 12.8 Å². The average molecular weight is 415 g/mol. The minimum atomic E-state index is -5.55. The van der Waals surface area contributed by atoms with E-state index >= 15 is 0 Å². The Balaban J connectivity index is 2.41. The molecular formula is C19H20F3NO4S. The molecule has 2 aromatic carbocycles. The van der Waals surface area contributed by atoms with Gasteiger partial charge >= 0.3 is 5.51 Å². The lowest BCUT2D eigenvalue weighted by Crippen LogP contribution is -2.24. The maximum atomic E-state index is 12.8. The molecule has 0 radical (unpaired) electrons. The van der Waals surface area contributed by atoms with Crippen LogP contribution in [0.1, 0.15) is 31.2 Å². The van der Waals surface area contributed by atoms with Crippen LogP contribution in [0.15, 0.2) is 53.4 Å². The predicted octanol–water partition coefficient (Wildman–Crippen LogP) is 4.51. The summed E-state index contributed by atoms with van der Waals surface area (Å²) in [6.45, 7) is 1.90. The molecule has 0 bridgehead atoms. The van der Waals surface area contributed by atoms with Crippen LogP contribution in [-0.4, -0.2) is 26.9 Å². The second-order valence-corrected chi connectivity index (χ2v) is 7.99. The van der Waals surface area contributed by atoms with Crippen molar-refractivity contribution in [2.24, 2.45) is 0 Å². The fourth-order valence-corrected chi connectivity index (χ4v) is 3.52. The summed E-state index contributed by atoms with van der Waals surface area (Å²) in [5, 5.41) is 2.51. The van der Waals surface area contributed by atoms with Gasteiger partial charge in [-0.2, -0.15) is 13.2 Å². The molecule has 0 fully saturated rings. The molecule has 0 heterocycles. The van der Waals surface area contributed by atoms with Crippen molar-refractivity contribution >= 4 is 21.4 Å². The molecule has 9 heteroatoms. The molecular weight excluding hydrogens is 395 g/mol. The minimum absolute atomic E-state index is 0.0535. The third-order valence-electron chi connectivity index (χ3n) is 4.14. The van der Waals surface area contributed by atoms with Crippen LogP contribution in [0.2, 0.25) is 0 Å². The van der Waals surface area contributed by atoms with E-state index < -0.39 is 32.1 Å². The smallest absolute Gasteiger partial charge is 0.495 e. The highest BCUT2D eigenvalue weighted by atomic mass is 32.2. The zero-order valence-electron chi connectivity index (χ0n) is 15.3. The van der Waals surface area contributed by atoms with E-state index in [1.807, 2.05) is 6.92 Å². The summed E-state index contributed by atoms with van der Waals surface area (Å²) in [6, 6.07) is 11.5. The largest absolute Gasteiger partial charge is 0.501 e. The number of rotatable bonds is 7. The lowest BCUT2D eigenvalue weighted by molar-refractivity contribution is -0.117. The number of anilines is 1. The van der Waals surface area contributed by atoms with Crippen molar-refractivity contribution in [3.8, 4) is 5.75 Å². The van der Waals surface area contributed by atoms with E-state index in [9.17, 15) is 26.4 Å². The number of methoxy groups -OCH3 is 1. The van der Waals surface area contributed by atoms with Crippen molar-refractivity contribution in [3.05, 3.63) is 54.1 Å². The molecule has 1 atom stereocenters. The molecule has 5 nitrogen and oxygen atoms in total. The van der Waals surface area contributed by atoms with Crippen molar-refractivity contribution in [3.63, 3.8) is 0 Å². The first kappa shape index (κ1) is 21.7. The Morgan fingerprint density at radius 1 is 1.14 bits per heavy atom. The molecule has 0 aromatic heterocycles. The topological polar surface area (TPSA) is 72.5 Å². The van der Waals surface area contributed by atoms with Crippen molar-refractivity contribution in [2.45, 2.75) is 36.1 Å². The van der Waals surface area contributed by atoms with Crippen LogP contribution < -0.4 is 10.1 Å². The number of halogens is 3. The van der Waals surface area contributed by atoms with Gasteiger partial charge in [-0.15, -0.1) is 0 Å². The van der Waals surface area contributed by atoms with E-state index in [1.165, 1.54) is 7.11 Å². The molecule has 0 aliphatic carbocycles. The summed E-state index contributed by atoms with van der Waals surface area (Å²) in [5.74, 6) is -0.954. The van der Waals surface area contributed by atoms with E-state index in [2.05, 4.69) is 5.32 Å². The SMILES string of the molecule is CCCC(C(=O)Nc1cc(S(=O)(=O)C(F)(F)F)ccc1OC)c1ccccc1. The lowest BCUT2D eigenvalue weighted by Gasteiger charge is -2.18. The molecule has 1 amide bonds. The van der Waals surface area contributed by atoms with Crippen LogP contribution >= 0.6 is 0 Å². The van der Waals surface area contributed by atoms with Gasteiger partial charge in [0.1, 0.15) is 5.75 Å². The number of alkyl halides is 3. The molecule has 152 valence electrons. The van der Waals surface area contributed by atoms with Gasteiger partial charge in [0.15, 0.2) is 0 Å². The number of benzene rings is 2. The zero-order chi connectivity index (χ0) is 20.9. The fourth-order valence-electron chi connectivity index (χ4n) is 2.73. The van der Waals surface area contributed by atoms with Crippen LogP contribution in [0, 0.1) is 0 Å². The van der Waals surface area contributed by atoms with Gasteiger partial charge in [0, 0.05) is 0 Å². The first-order valence-corrected chi connectivity index (χ1v) is 9.95. The Bertz CT molecular complexity index is 928. The van der Waals surface area contributed by atoms with Crippen molar-refractivity contribution < 1.29 is 31.1 Å². The predicted molar refractivity (Wildman–Crippen MR) is 99.0 cm³/mol. The van der Waals surface area contributed by atoms with Gasteiger partial charge in [0.25, 0.3) is 9.84 Å². The van der Waals surface area contributed by atoms with E-state index in [4.69, 9.17) is 4.74 Å². The Morgan fingerprint density at radius 3 is 2.32 bits per heavy atom. The summed E-state index contributed by atoms with van der Waals surface area (Å²) in [4.78, 5) is 11.8. The van der Waals surface area contributed by atoms with Crippen LogP contribution in [0.3, 0.4) is 0 Å².